The Morgan fingerprint density at radius 3 is 2.09 bits per heavy atom. The molecule has 0 rings (SSSR count). The van der Waals surface area contributed by atoms with E-state index in [1.54, 1.807) is 0 Å². The minimum Gasteiger partial charge on any atom is -0.394 e. The molecule has 4 N–H and O–H groups in total. The highest BCUT2D eigenvalue weighted by molar-refractivity contribution is 5.50. The van der Waals surface area contributed by atoms with Crippen LogP contribution < -0.4 is 0 Å². The molecule has 0 heterocycles. The van der Waals surface area contributed by atoms with Crippen molar-refractivity contribution in [3.8, 4) is 0 Å². The molecule has 0 aromatic heterocycles. The average Bonchev–Trinajstić information content (AvgIpc) is 2.02. The molecular weight excluding hydrogens is 153 g/mol. The van der Waals surface area contributed by atoms with Gasteiger partial charge in [0, 0.05) is 6.42 Å². The summed E-state index contributed by atoms with van der Waals surface area (Å²) in [6, 6.07) is 0. The summed E-state index contributed by atoms with van der Waals surface area (Å²) in [5, 5.41) is 34.8. The topological polar surface area (TPSA) is 98.0 Å². The van der Waals surface area contributed by atoms with Crippen LogP contribution in [-0.4, -0.2) is 51.6 Å². The van der Waals surface area contributed by atoms with Crippen molar-refractivity contribution in [2.75, 3.05) is 6.61 Å². The second-order valence-electron chi connectivity index (χ2n) is 2.21. The summed E-state index contributed by atoms with van der Waals surface area (Å²) in [5.74, 6) is 0. The zero-order valence-electron chi connectivity index (χ0n) is 5.92. The minimum atomic E-state index is -1.47. The summed E-state index contributed by atoms with van der Waals surface area (Å²) >= 11 is 0. The van der Waals surface area contributed by atoms with Crippen molar-refractivity contribution >= 4 is 6.29 Å². The number of aliphatic hydroxyl groups is 4. The van der Waals surface area contributed by atoms with E-state index in [9.17, 15) is 4.79 Å². The Hall–Kier alpha value is -0.490. The molecule has 3 atom stereocenters. The van der Waals surface area contributed by atoms with Gasteiger partial charge in [-0.05, 0) is 0 Å². The van der Waals surface area contributed by atoms with Crippen molar-refractivity contribution in [1.29, 1.82) is 0 Å². The summed E-state index contributed by atoms with van der Waals surface area (Å²) < 4.78 is 0. The first-order chi connectivity index (χ1) is 5.13. The van der Waals surface area contributed by atoms with Crippen LogP contribution in [0.25, 0.3) is 0 Å². The molecule has 0 saturated heterocycles. The van der Waals surface area contributed by atoms with Crippen molar-refractivity contribution in [2.45, 2.75) is 24.7 Å². The van der Waals surface area contributed by atoms with E-state index in [4.69, 9.17) is 20.4 Å². The van der Waals surface area contributed by atoms with Crippen LogP contribution in [0.3, 0.4) is 0 Å². The third-order valence-corrected chi connectivity index (χ3v) is 1.31. The molecule has 0 aromatic carbocycles. The van der Waals surface area contributed by atoms with E-state index in [-0.39, 0.29) is 6.42 Å². The SMILES string of the molecule is O=CC[C@@H](O)[C@H](O)[C@H](O)[13CH2]O. The van der Waals surface area contributed by atoms with Gasteiger partial charge in [0.25, 0.3) is 0 Å². The second kappa shape index (κ2) is 5.20. The van der Waals surface area contributed by atoms with E-state index in [2.05, 4.69) is 0 Å². The molecule has 0 amide bonds. The Labute approximate surface area is 63.9 Å². The predicted octanol–water partition coefficient (Wildman–Crippen LogP) is -2.35. The van der Waals surface area contributed by atoms with Crippen LogP contribution in [0.2, 0.25) is 0 Å². The summed E-state index contributed by atoms with van der Waals surface area (Å²) in [4.78, 5) is 9.82. The Bertz CT molecular complexity index is 116. The van der Waals surface area contributed by atoms with Crippen molar-refractivity contribution in [1.82, 2.24) is 0 Å². The Morgan fingerprint density at radius 2 is 1.73 bits per heavy atom. The van der Waals surface area contributed by atoms with E-state index in [0.29, 0.717) is 6.29 Å². The Kier molecular flexibility index (Phi) is 4.97. The number of aliphatic hydroxyl groups excluding tert-OH is 4. The van der Waals surface area contributed by atoms with Crippen LogP contribution in [0, 0.1) is 0 Å². The number of carbonyl (C=O) groups excluding carboxylic acids is 1. The van der Waals surface area contributed by atoms with Gasteiger partial charge in [-0.3, -0.25) is 0 Å². The molecule has 5 nitrogen and oxygen atoms in total. The quantitative estimate of drug-likeness (QED) is 0.270. The maximum atomic E-state index is 9.82. The van der Waals surface area contributed by atoms with Crippen LogP contribution in [0.5, 0.6) is 0 Å². The van der Waals surface area contributed by atoms with Crippen LogP contribution in [0.4, 0.5) is 0 Å². The maximum Gasteiger partial charge on any atom is 0.122 e. The van der Waals surface area contributed by atoms with E-state index in [0.717, 1.165) is 0 Å². The van der Waals surface area contributed by atoms with Crippen LogP contribution >= 0.6 is 0 Å². The van der Waals surface area contributed by atoms with Gasteiger partial charge in [0.2, 0.25) is 0 Å². The van der Waals surface area contributed by atoms with Crippen molar-refractivity contribution in [2.24, 2.45) is 0 Å². The molecule has 0 bridgehead atoms. The molecule has 0 fully saturated rings. The molecule has 0 unspecified atom stereocenters. The normalized spacial score (nSPS) is 18.9. The molecule has 0 spiro atoms. The zero-order valence-corrected chi connectivity index (χ0v) is 5.92. The fourth-order valence-corrected chi connectivity index (χ4v) is 0.602. The molecule has 0 aliphatic heterocycles. The smallest absolute Gasteiger partial charge is 0.122 e. The van der Waals surface area contributed by atoms with Crippen molar-refractivity contribution in [3.63, 3.8) is 0 Å². The first-order valence-corrected chi connectivity index (χ1v) is 3.22. The van der Waals surface area contributed by atoms with Gasteiger partial charge < -0.3 is 25.2 Å². The number of aldehydes is 1. The molecule has 11 heavy (non-hydrogen) atoms. The minimum absolute atomic E-state index is 0.252. The summed E-state index contributed by atoms with van der Waals surface area (Å²) in [6.07, 6.45) is -4.00. The molecular formula is C6H12O5. The summed E-state index contributed by atoms with van der Waals surface area (Å²) in [5.41, 5.74) is 0. The first kappa shape index (κ1) is 10.5. The highest BCUT2D eigenvalue weighted by Crippen LogP contribution is 2.01. The third-order valence-electron chi connectivity index (χ3n) is 1.31. The third kappa shape index (κ3) is 3.43. The molecule has 0 saturated carbocycles. The van der Waals surface area contributed by atoms with Crippen LogP contribution in [-0.2, 0) is 4.79 Å². The van der Waals surface area contributed by atoms with Gasteiger partial charge in [-0.1, -0.05) is 0 Å². The van der Waals surface area contributed by atoms with Gasteiger partial charge in [-0.25, -0.2) is 0 Å². The van der Waals surface area contributed by atoms with Gasteiger partial charge in [0.15, 0.2) is 0 Å². The molecule has 0 radical (unpaired) electrons. The molecule has 5 heteroatoms. The molecule has 0 aliphatic carbocycles. The Balaban J connectivity index is 3.79. The Morgan fingerprint density at radius 1 is 1.18 bits per heavy atom. The lowest BCUT2D eigenvalue weighted by Crippen LogP contribution is -2.39. The lowest BCUT2D eigenvalue weighted by atomic mass is 10.1. The average molecular weight is 165 g/mol. The van der Waals surface area contributed by atoms with Gasteiger partial charge in [-0.2, -0.15) is 0 Å². The highest BCUT2D eigenvalue weighted by Gasteiger charge is 2.23. The fraction of sp³-hybridized carbons (Fsp3) is 0.833. The second-order valence-corrected chi connectivity index (χ2v) is 2.21. The van der Waals surface area contributed by atoms with Crippen molar-refractivity contribution in [3.05, 3.63) is 0 Å². The number of carbonyl (C=O) groups is 1. The fourth-order valence-electron chi connectivity index (χ4n) is 0.602. The van der Waals surface area contributed by atoms with E-state index in [1.165, 1.54) is 0 Å². The number of rotatable bonds is 5. The maximum absolute atomic E-state index is 9.82. The summed E-state index contributed by atoms with van der Waals surface area (Å²) in [6.45, 7) is -0.642. The van der Waals surface area contributed by atoms with Crippen LogP contribution in [0.15, 0.2) is 0 Å². The first-order valence-electron chi connectivity index (χ1n) is 3.22. The number of hydrogen-bond acceptors (Lipinski definition) is 5. The standard InChI is InChI=1S/C6H12O5/c7-2-1-4(9)6(11)5(10)3-8/h2,4-6,8-11H,1,3H2/t4-,5-,6+/m1/s1/i3+1. The monoisotopic (exact) mass is 165 g/mol. The number of hydrogen-bond donors (Lipinski definition) is 4. The highest BCUT2D eigenvalue weighted by atomic mass is 16.4. The van der Waals surface area contributed by atoms with Gasteiger partial charge >= 0.3 is 0 Å². The van der Waals surface area contributed by atoms with E-state index in [1.807, 2.05) is 0 Å². The molecule has 0 aliphatic rings. The predicted molar refractivity (Wildman–Crippen MR) is 35.8 cm³/mol. The van der Waals surface area contributed by atoms with Gasteiger partial charge in [0.05, 0.1) is 12.7 Å². The molecule has 0 aromatic rings. The largest absolute Gasteiger partial charge is 0.394 e. The zero-order chi connectivity index (χ0) is 8.85. The van der Waals surface area contributed by atoms with Crippen LogP contribution in [0.1, 0.15) is 6.42 Å². The lowest BCUT2D eigenvalue weighted by Gasteiger charge is -2.19. The van der Waals surface area contributed by atoms with Crippen molar-refractivity contribution < 1.29 is 25.2 Å². The van der Waals surface area contributed by atoms with E-state index >= 15 is 0 Å². The van der Waals surface area contributed by atoms with Gasteiger partial charge in [0.1, 0.15) is 18.5 Å². The summed E-state index contributed by atoms with van der Waals surface area (Å²) in [7, 11) is 0. The van der Waals surface area contributed by atoms with Gasteiger partial charge in [-0.15, -0.1) is 0 Å². The lowest BCUT2D eigenvalue weighted by molar-refractivity contribution is -0.115. The molecule has 66 valence electrons. The van der Waals surface area contributed by atoms with E-state index < -0.39 is 24.9 Å².